The fraction of sp³-hybridized carbons (Fsp3) is 0.333. The van der Waals surface area contributed by atoms with Crippen LogP contribution in [0.5, 0.6) is 11.5 Å². The van der Waals surface area contributed by atoms with E-state index in [0.717, 1.165) is 11.1 Å². The van der Waals surface area contributed by atoms with Crippen LogP contribution in [0.1, 0.15) is 5.56 Å². The third-order valence-electron chi connectivity index (χ3n) is 1.83. The summed E-state index contributed by atoms with van der Waals surface area (Å²) in [6, 6.07) is 0.907. The molecule has 4 nitrogen and oxygen atoms in total. The van der Waals surface area contributed by atoms with Crippen LogP contribution in [0.25, 0.3) is 0 Å². The van der Waals surface area contributed by atoms with E-state index in [-0.39, 0.29) is 17.9 Å². The molecule has 84 valence electrons. The van der Waals surface area contributed by atoms with Gasteiger partial charge < -0.3 is 15.1 Å². The van der Waals surface area contributed by atoms with Crippen molar-refractivity contribution in [1.82, 2.24) is 5.06 Å². The molecule has 1 aromatic carbocycles. The molecular weight excluding hydrogens is 208 g/mol. The number of nitrogens with zero attached hydrogens (tertiary/aromatic N) is 1. The lowest BCUT2D eigenvalue weighted by Gasteiger charge is -2.13. The van der Waals surface area contributed by atoms with E-state index in [9.17, 15) is 8.78 Å². The largest absolute Gasteiger partial charge is 0.503 e. The van der Waals surface area contributed by atoms with Crippen LogP contribution in [-0.2, 0) is 6.54 Å². The number of hydroxylamine groups is 2. The van der Waals surface area contributed by atoms with E-state index in [1.54, 1.807) is 0 Å². The Hall–Kier alpha value is -1.40. The maximum atomic E-state index is 13.3. The van der Waals surface area contributed by atoms with Crippen LogP contribution < -0.4 is 4.74 Å². The number of phenolic OH excluding ortho intramolecular Hbond substituents is 1. The Morgan fingerprint density at radius 2 is 2.07 bits per heavy atom. The number of halogens is 2. The normalized spacial score (nSPS) is 10.8. The van der Waals surface area contributed by atoms with E-state index in [2.05, 4.69) is 4.74 Å². The summed E-state index contributed by atoms with van der Waals surface area (Å²) in [7, 11) is 2.51. The molecule has 15 heavy (non-hydrogen) atoms. The van der Waals surface area contributed by atoms with Crippen molar-refractivity contribution in [3.8, 4) is 11.5 Å². The molecule has 1 aromatic rings. The zero-order valence-electron chi connectivity index (χ0n) is 8.29. The summed E-state index contributed by atoms with van der Waals surface area (Å²) in [6.07, 6.45) is 0. The highest BCUT2D eigenvalue weighted by molar-refractivity contribution is 5.43. The van der Waals surface area contributed by atoms with Gasteiger partial charge in [-0.15, -0.1) is 0 Å². The number of hydrogen-bond acceptors (Lipinski definition) is 4. The van der Waals surface area contributed by atoms with E-state index in [0.29, 0.717) is 0 Å². The maximum Gasteiger partial charge on any atom is 0.209 e. The average molecular weight is 219 g/mol. The molecule has 0 atom stereocenters. The molecule has 6 heteroatoms. The molecule has 0 heterocycles. The van der Waals surface area contributed by atoms with E-state index in [4.69, 9.17) is 10.3 Å². The fourth-order valence-electron chi connectivity index (χ4n) is 1.22. The smallest absolute Gasteiger partial charge is 0.209 e. The summed E-state index contributed by atoms with van der Waals surface area (Å²) < 4.78 is 30.9. The first-order chi connectivity index (χ1) is 6.97. The van der Waals surface area contributed by atoms with Gasteiger partial charge >= 0.3 is 0 Å². The zero-order valence-corrected chi connectivity index (χ0v) is 8.29. The summed E-state index contributed by atoms with van der Waals surface area (Å²) >= 11 is 0. The fourth-order valence-corrected chi connectivity index (χ4v) is 1.22. The van der Waals surface area contributed by atoms with Gasteiger partial charge in [-0.3, -0.25) is 0 Å². The monoisotopic (exact) mass is 219 g/mol. The van der Waals surface area contributed by atoms with Gasteiger partial charge in [0.2, 0.25) is 5.82 Å². The second-order valence-corrected chi connectivity index (χ2v) is 3.03. The molecule has 2 N–H and O–H groups in total. The maximum absolute atomic E-state index is 13.3. The molecular formula is C9H11F2NO3. The Morgan fingerprint density at radius 1 is 1.47 bits per heavy atom. The van der Waals surface area contributed by atoms with Gasteiger partial charge in [0.1, 0.15) is 0 Å². The summed E-state index contributed by atoms with van der Waals surface area (Å²) in [4.78, 5) is 0. The summed E-state index contributed by atoms with van der Waals surface area (Å²) in [5.41, 5.74) is 0.107. The molecule has 0 saturated carbocycles. The molecule has 0 spiro atoms. The predicted octanol–water partition coefficient (Wildman–Crippen LogP) is 1.50. The van der Waals surface area contributed by atoms with Crippen molar-refractivity contribution in [3.05, 3.63) is 23.3 Å². The van der Waals surface area contributed by atoms with Crippen LogP contribution in [0.4, 0.5) is 8.78 Å². The number of aromatic hydroxyl groups is 1. The van der Waals surface area contributed by atoms with Crippen molar-refractivity contribution < 1.29 is 23.8 Å². The van der Waals surface area contributed by atoms with Crippen molar-refractivity contribution in [1.29, 1.82) is 0 Å². The van der Waals surface area contributed by atoms with E-state index < -0.39 is 17.4 Å². The lowest BCUT2D eigenvalue weighted by molar-refractivity contribution is -0.0736. The second-order valence-electron chi connectivity index (χ2n) is 3.03. The molecule has 0 amide bonds. The number of methoxy groups -OCH3 is 1. The van der Waals surface area contributed by atoms with Gasteiger partial charge in [-0.25, -0.2) is 4.39 Å². The Labute approximate surface area is 85.3 Å². The molecule has 0 aliphatic carbocycles. The van der Waals surface area contributed by atoms with Crippen LogP contribution in [-0.4, -0.2) is 29.5 Å². The predicted molar refractivity (Wildman–Crippen MR) is 47.8 cm³/mol. The van der Waals surface area contributed by atoms with Crippen LogP contribution >= 0.6 is 0 Å². The van der Waals surface area contributed by atoms with Crippen molar-refractivity contribution in [2.24, 2.45) is 0 Å². The van der Waals surface area contributed by atoms with Crippen LogP contribution in [0.2, 0.25) is 0 Å². The van der Waals surface area contributed by atoms with Gasteiger partial charge in [0, 0.05) is 12.6 Å². The number of phenols is 1. The third kappa shape index (κ3) is 2.34. The standard InChI is InChI=1S/C9H11F2NO3/c1-12(14)4-5-3-6(10)8(13)7(11)9(5)15-2/h3,13-14H,4H2,1-2H3. The summed E-state index contributed by atoms with van der Waals surface area (Å²) in [5, 5.41) is 18.7. The SMILES string of the molecule is COc1c(CN(C)O)cc(F)c(O)c1F. The minimum absolute atomic E-state index is 0.107. The summed E-state index contributed by atoms with van der Waals surface area (Å²) in [5.74, 6) is -3.63. The number of ether oxygens (including phenoxy) is 1. The molecule has 0 saturated heterocycles. The molecule has 0 unspecified atom stereocenters. The Bertz CT molecular complexity index is 369. The second kappa shape index (κ2) is 4.41. The van der Waals surface area contributed by atoms with Crippen molar-refractivity contribution in [3.63, 3.8) is 0 Å². The highest BCUT2D eigenvalue weighted by atomic mass is 19.1. The lowest BCUT2D eigenvalue weighted by atomic mass is 10.1. The first-order valence-electron chi connectivity index (χ1n) is 4.11. The number of benzene rings is 1. The highest BCUT2D eigenvalue weighted by Gasteiger charge is 2.19. The number of hydrogen-bond donors (Lipinski definition) is 2. The van der Waals surface area contributed by atoms with E-state index in [1.165, 1.54) is 14.2 Å². The quantitative estimate of drug-likeness (QED) is 0.756. The van der Waals surface area contributed by atoms with E-state index >= 15 is 0 Å². The third-order valence-corrected chi connectivity index (χ3v) is 1.83. The van der Waals surface area contributed by atoms with Gasteiger partial charge in [-0.1, -0.05) is 0 Å². The minimum atomic E-state index is -1.17. The van der Waals surface area contributed by atoms with Gasteiger partial charge in [0.05, 0.1) is 13.7 Å². The highest BCUT2D eigenvalue weighted by Crippen LogP contribution is 2.32. The Balaban J connectivity index is 3.25. The van der Waals surface area contributed by atoms with Crippen LogP contribution in [0, 0.1) is 11.6 Å². The molecule has 0 radical (unpaired) electrons. The first-order valence-corrected chi connectivity index (χ1v) is 4.11. The average Bonchev–Trinajstić information content (AvgIpc) is 2.14. The van der Waals surface area contributed by atoms with E-state index in [1.807, 2.05) is 0 Å². The minimum Gasteiger partial charge on any atom is -0.503 e. The van der Waals surface area contributed by atoms with Gasteiger partial charge in [0.25, 0.3) is 0 Å². The van der Waals surface area contributed by atoms with Crippen LogP contribution in [0.15, 0.2) is 6.07 Å². The molecule has 0 aromatic heterocycles. The van der Waals surface area contributed by atoms with Gasteiger partial charge in [0.15, 0.2) is 17.3 Å². The molecule has 0 aliphatic rings. The Kier molecular flexibility index (Phi) is 3.43. The molecule has 0 aliphatic heterocycles. The first kappa shape index (κ1) is 11.7. The van der Waals surface area contributed by atoms with Gasteiger partial charge in [-0.2, -0.15) is 9.45 Å². The van der Waals surface area contributed by atoms with Crippen molar-refractivity contribution >= 4 is 0 Å². The number of rotatable bonds is 3. The van der Waals surface area contributed by atoms with Gasteiger partial charge in [-0.05, 0) is 6.07 Å². The molecule has 0 fully saturated rings. The summed E-state index contributed by atoms with van der Waals surface area (Å²) in [6.45, 7) is -0.114. The molecule has 0 bridgehead atoms. The topological polar surface area (TPSA) is 52.9 Å². The zero-order chi connectivity index (χ0) is 11.6. The lowest BCUT2D eigenvalue weighted by Crippen LogP contribution is -2.13. The van der Waals surface area contributed by atoms with Crippen molar-refractivity contribution in [2.45, 2.75) is 6.54 Å². The van der Waals surface area contributed by atoms with Crippen LogP contribution in [0.3, 0.4) is 0 Å². The Morgan fingerprint density at radius 3 is 2.53 bits per heavy atom. The van der Waals surface area contributed by atoms with Crippen molar-refractivity contribution in [2.75, 3.05) is 14.2 Å². The molecule has 1 rings (SSSR count).